The SMILES string of the molecule is Cc1cc(/C=C2\NC(=O)NC2=O)c(C)n1-c1ccc(C(C)(C)C)cc1. The number of benzene rings is 1. The number of urea groups is 1. The van der Waals surface area contributed by atoms with Crippen molar-refractivity contribution in [3.05, 3.63) is 58.5 Å². The van der Waals surface area contributed by atoms with Gasteiger partial charge in [-0.15, -0.1) is 0 Å². The number of carbonyl (C=O) groups excluding carboxylic acids is 2. The van der Waals surface area contributed by atoms with Gasteiger partial charge in [-0.1, -0.05) is 32.9 Å². The molecule has 1 fully saturated rings. The molecule has 1 saturated heterocycles. The van der Waals surface area contributed by atoms with Crippen LogP contribution < -0.4 is 10.6 Å². The molecule has 2 aromatic rings. The summed E-state index contributed by atoms with van der Waals surface area (Å²) in [5, 5.41) is 4.74. The van der Waals surface area contributed by atoms with Crippen molar-refractivity contribution in [3.8, 4) is 5.69 Å². The Morgan fingerprint density at radius 2 is 1.64 bits per heavy atom. The van der Waals surface area contributed by atoms with Crippen LogP contribution in [0.25, 0.3) is 11.8 Å². The third kappa shape index (κ3) is 3.22. The summed E-state index contributed by atoms with van der Waals surface area (Å²) < 4.78 is 2.15. The maximum Gasteiger partial charge on any atom is 0.326 e. The molecule has 5 heteroatoms. The van der Waals surface area contributed by atoms with E-state index in [9.17, 15) is 9.59 Å². The van der Waals surface area contributed by atoms with Gasteiger partial charge in [0.15, 0.2) is 0 Å². The molecule has 0 bridgehead atoms. The Kier molecular flexibility index (Phi) is 4.03. The Balaban J connectivity index is 1.99. The summed E-state index contributed by atoms with van der Waals surface area (Å²) in [6, 6.07) is 10.1. The van der Waals surface area contributed by atoms with Gasteiger partial charge in [-0.2, -0.15) is 0 Å². The number of hydrogen-bond donors (Lipinski definition) is 2. The van der Waals surface area contributed by atoms with Crippen LogP contribution in [0.15, 0.2) is 36.0 Å². The van der Waals surface area contributed by atoms with Crippen molar-refractivity contribution in [2.24, 2.45) is 0 Å². The lowest BCUT2D eigenvalue weighted by Gasteiger charge is -2.20. The monoisotopic (exact) mass is 337 g/mol. The van der Waals surface area contributed by atoms with Crippen LogP contribution in [0.5, 0.6) is 0 Å². The predicted octanol–water partition coefficient (Wildman–Crippen LogP) is 3.57. The quantitative estimate of drug-likeness (QED) is 0.650. The Bertz CT molecular complexity index is 881. The Morgan fingerprint density at radius 3 is 2.16 bits per heavy atom. The highest BCUT2D eigenvalue weighted by Gasteiger charge is 2.23. The topological polar surface area (TPSA) is 63.1 Å². The molecule has 1 aliphatic heterocycles. The van der Waals surface area contributed by atoms with Crippen LogP contribution in [0.1, 0.15) is 43.3 Å². The summed E-state index contributed by atoms with van der Waals surface area (Å²) in [4.78, 5) is 23.0. The van der Waals surface area contributed by atoms with Crippen molar-refractivity contribution in [3.63, 3.8) is 0 Å². The third-order valence-corrected chi connectivity index (χ3v) is 4.48. The van der Waals surface area contributed by atoms with Gasteiger partial charge in [-0.25, -0.2) is 4.79 Å². The first kappa shape index (κ1) is 17.0. The van der Waals surface area contributed by atoms with E-state index in [2.05, 4.69) is 60.2 Å². The van der Waals surface area contributed by atoms with E-state index < -0.39 is 11.9 Å². The Morgan fingerprint density at radius 1 is 1.00 bits per heavy atom. The second-order valence-electron chi connectivity index (χ2n) is 7.43. The highest BCUT2D eigenvalue weighted by atomic mass is 16.2. The number of amides is 3. The number of rotatable bonds is 2. The minimum atomic E-state index is -0.483. The first-order valence-electron chi connectivity index (χ1n) is 8.31. The third-order valence-electron chi connectivity index (χ3n) is 4.48. The van der Waals surface area contributed by atoms with Gasteiger partial charge in [0.1, 0.15) is 5.70 Å². The van der Waals surface area contributed by atoms with E-state index in [1.807, 2.05) is 19.9 Å². The zero-order valence-corrected chi connectivity index (χ0v) is 15.2. The predicted molar refractivity (Wildman–Crippen MR) is 98.6 cm³/mol. The average Bonchev–Trinajstić information content (AvgIpc) is 2.98. The lowest BCUT2D eigenvalue weighted by atomic mass is 9.87. The van der Waals surface area contributed by atoms with Crippen LogP contribution in [0, 0.1) is 13.8 Å². The largest absolute Gasteiger partial charge is 0.326 e. The fourth-order valence-electron chi connectivity index (χ4n) is 3.08. The van der Waals surface area contributed by atoms with Crippen molar-refractivity contribution in [1.29, 1.82) is 0 Å². The van der Waals surface area contributed by atoms with Crippen LogP contribution in [0.3, 0.4) is 0 Å². The molecule has 0 aliphatic carbocycles. The van der Waals surface area contributed by atoms with E-state index in [4.69, 9.17) is 0 Å². The van der Waals surface area contributed by atoms with Gasteiger partial charge >= 0.3 is 6.03 Å². The molecule has 2 heterocycles. The second-order valence-corrected chi connectivity index (χ2v) is 7.43. The zero-order valence-electron chi connectivity index (χ0n) is 15.2. The maximum atomic E-state index is 11.7. The summed E-state index contributed by atoms with van der Waals surface area (Å²) in [6.45, 7) is 10.6. The number of nitrogens with zero attached hydrogens (tertiary/aromatic N) is 1. The highest BCUT2D eigenvalue weighted by molar-refractivity contribution is 6.14. The van der Waals surface area contributed by atoms with Crippen LogP contribution in [0.2, 0.25) is 0 Å². The molecule has 25 heavy (non-hydrogen) atoms. The summed E-state index contributed by atoms with van der Waals surface area (Å²) in [7, 11) is 0. The minimum absolute atomic E-state index is 0.114. The minimum Gasteiger partial charge on any atom is -0.318 e. The first-order chi connectivity index (χ1) is 11.7. The van der Waals surface area contributed by atoms with Gasteiger partial charge in [0.2, 0.25) is 0 Å². The lowest BCUT2D eigenvalue weighted by Crippen LogP contribution is -2.22. The van der Waals surface area contributed by atoms with E-state index in [1.165, 1.54) is 5.56 Å². The van der Waals surface area contributed by atoms with Crippen LogP contribution in [-0.2, 0) is 10.2 Å². The summed E-state index contributed by atoms with van der Waals surface area (Å²) in [6.07, 6.45) is 1.71. The molecule has 130 valence electrons. The molecular weight excluding hydrogens is 314 g/mol. The van der Waals surface area contributed by atoms with Crippen LogP contribution in [-0.4, -0.2) is 16.5 Å². The molecule has 0 radical (unpaired) electrons. The molecule has 0 atom stereocenters. The van der Waals surface area contributed by atoms with Gasteiger partial charge in [0, 0.05) is 17.1 Å². The van der Waals surface area contributed by atoms with E-state index >= 15 is 0 Å². The van der Waals surface area contributed by atoms with Gasteiger partial charge < -0.3 is 9.88 Å². The molecule has 5 nitrogen and oxygen atoms in total. The number of carbonyl (C=O) groups is 2. The van der Waals surface area contributed by atoms with Crippen molar-refractivity contribution >= 4 is 18.0 Å². The zero-order chi connectivity index (χ0) is 18.4. The van der Waals surface area contributed by atoms with Crippen LogP contribution in [0.4, 0.5) is 4.79 Å². The van der Waals surface area contributed by atoms with Gasteiger partial charge in [-0.05, 0) is 54.7 Å². The molecule has 0 unspecified atom stereocenters. The van der Waals surface area contributed by atoms with Gasteiger partial charge in [-0.3, -0.25) is 10.1 Å². The molecule has 1 aromatic heterocycles. The van der Waals surface area contributed by atoms with Crippen molar-refractivity contribution in [1.82, 2.24) is 15.2 Å². The van der Waals surface area contributed by atoms with Crippen molar-refractivity contribution < 1.29 is 9.59 Å². The Labute approximate surface area is 147 Å². The fraction of sp³-hybridized carbons (Fsp3) is 0.300. The lowest BCUT2D eigenvalue weighted by molar-refractivity contribution is -0.115. The van der Waals surface area contributed by atoms with Crippen LogP contribution >= 0.6 is 0 Å². The van der Waals surface area contributed by atoms with Gasteiger partial charge in [0.25, 0.3) is 5.91 Å². The number of nitrogens with one attached hydrogen (secondary N) is 2. The molecule has 1 aliphatic rings. The molecule has 3 amide bonds. The van der Waals surface area contributed by atoms with Crippen molar-refractivity contribution in [2.45, 2.75) is 40.0 Å². The molecule has 1 aromatic carbocycles. The van der Waals surface area contributed by atoms with Crippen molar-refractivity contribution in [2.75, 3.05) is 0 Å². The van der Waals surface area contributed by atoms with E-state index in [-0.39, 0.29) is 11.1 Å². The number of aromatic nitrogens is 1. The molecular formula is C20H23N3O2. The number of aryl methyl sites for hydroxylation is 1. The molecule has 0 spiro atoms. The molecule has 3 rings (SSSR count). The number of imide groups is 1. The fourth-order valence-corrected chi connectivity index (χ4v) is 3.08. The van der Waals surface area contributed by atoms with E-state index in [0.29, 0.717) is 0 Å². The second kappa shape index (κ2) is 5.92. The number of hydrogen-bond acceptors (Lipinski definition) is 2. The summed E-state index contributed by atoms with van der Waals surface area (Å²) in [5.74, 6) is -0.399. The Hall–Kier alpha value is -2.82. The average molecular weight is 337 g/mol. The normalized spacial score (nSPS) is 16.3. The standard InChI is InChI=1S/C20H23N3O2/c1-12-10-14(11-17-18(24)22-19(25)21-17)13(2)23(12)16-8-6-15(7-9-16)20(3,4)5/h6-11H,1-5H3,(H2,21,22,24,25)/b17-11-. The summed E-state index contributed by atoms with van der Waals surface area (Å²) >= 11 is 0. The molecule has 0 saturated carbocycles. The van der Waals surface area contributed by atoms with Gasteiger partial charge in [0.05, 0.1) is 0 Å². The smallest absolute Gasteiger partial charge is 0.318 e. The highest BCUT2D eigenvalue weighted by Crippen LogP contribution is 2.26. The van der Waals surface area contributed by atoms with E-state index in [0.717, 1.165) is 22.6 Å². The maximum absolute atomic E-state index is 11.7. The summed E-state index contributed by atoms with van der Waals surface area (Å²) in [5.41, 5.74) is 5.74. The molecule has 2 N–H and O–H groups in total. The first-order valence-corrected chi connectivity index (χ1v) is 8.31. The van der Waals surface area contributed by atoms with E-state index in [1.54, 1.807) is 6.08 Å².